The minimum absolute atomic E-state index is 0.639. The van der Waals surface area contributed by atoms with Crippen LogP contribution in [-0.2, 0) is 10.0 Å². The average Bonchev–Trinajstić information content (AvgIpc) is 2.05. The first-order valence-corrected chi connectivity index (χ1v) is 5.36. The number of hydrogen-bond donors (Lipinski definition) is 1. The van der Waals surface area contributed by atoms with E-state index in [4.69, 9.17) is 5.14 Å². The van der Waals surface area contributed by atoms with Crippen molar-refractivity contribution in [2.75, 3.05) is 0 Å². The molecule has 4 heteroatoms. The van der Waals surface area contributed by atoms with E-state index in [1.807, 2.05) is 6.07 Å². The summed E-state index contributed by atoms with van der Waals surface area (Å²) in [6, 6.07) is 8.74. The van der Waals surface area contributed by atoms with Crippen LogP contribution >= 0.6 is 0 Å². The van der Waals surface area contributed by atoms with Gasteiger partial charge in [0.25, 0.3) is 0 Å². The lowest BCUT2D eigenvalue weighted by Crippen LogP contribution is -2.19. The van der Waals surface area contributed by atoms with Crippen LogP contribution in [-0.4, -0.2) is 8.42 Å². The van der Waals surface area contributed by atoms with Crippen molar-refractivity contribution < 1.29 is 8.42 Å². The van der Waals surface area contributed by atoms with Crippen LogP contribution in [0.15, 0.2) is 43.0 Å². The van der Waals surface area contributed by atoms with E-state index in [9.17, 15) is 8.42 Å². The lowest BCUT2D eigenvalue weighted by Gasteiger charge is -2.09. The highest BCUT2D eigenvalue weighted by Crippen LogP contribution is 2.20. The molecule has 0 aliphatic rings. The summed E-state index contributed by atoms with van der Waals surface area (Å²) >= 11 is 0. The maximum atomic E-state index is 11.1. The van der Waals surface area contributed by atoms with Crippen molar-refractivity contribution in [1.29, 1.82) is 0 Å². The topological polar surface area (TPSA) is 60.2 Å². The average molecular weight is 197 g/mol. The van der Waals surface area contributed by atoms with Gasteiger partial charge in [-0.05, 0) is 5.56 Å². The fourth-order valence-electron chi connectivity index (χ4n) is 1.10. The zero-order valence-electron chi connectivity index (χ0n) is 7.05. The minimum atomic E-state index is -3.59. The fraction of sp³-hybridized carbons (Fsp3) is 0.111. The summed E-state index contributed by atoms with van der Waals surface area (Å²) in [4.78, 5) is 0. The van der Waals surface area contributed by atoms with E-state index in [1.165, 1.54) is 6.08 Å². The van der Waals surface area contributed by atoms with Gasteiger partial charge in [-0.15, -0.1) is 6.58 Å². The molecular weight excluding hydrogens is 186 g/mol. The van der Waals surface area contributed by atoms with Gasteiger partial charge in [0, 0.05) is 0 Å². The van der Waals surface area contributed by atoms with Crippen LogP contribution in [0, 0.1) is 0 Å². The number of rotatable bonds is 3. The van der Waals surface area contributed by atoms with Gasteiger partial charge >= 0.3 is 0 Å². The maximum absolute atomic E-state index is 11.1. The second-order valence-corrected chi connectivity index (χ2v) is 4.34. The zero-order valence-corrected chi connectivity index (χ0v) is 7.87. The lowest BCUT2D eigenvalue weighted by molar-refractivity contribution is 0.592. The Morgan fingerprint density at radius 2 is 1.85 bits per heavy atom. The summed E-state index contributed by atoms with van der Waals surface area (Å²) in [5, 5.41) is 4.21. The van der Waals surface area contributed by atoms with Crippen molar-refractivity contribution in [1.82, 2.24) is 0 Å². The summed E-state index contributed by atoms with van der Waals surface area (Å²) in [6.07, 6.45) is 1.32. The van der Waals surface area contributed by atoms with E-state index in [-0.39, 0.29) is 0 Å². The van der Waals surface area contributed by atoms with Crippen LogP contribution in [0.25, 0.3) is 0 Å². The van der Waals surface area contributed by atoms with Crippen LogP contribution < -0.4 is 5.14 Å². The Bertz CT molecular complexity index is 383. The molecule has 0 bridgehead atoms. The van der Waals surface area contributed by atoms with Gasteiger partial charge in [-0.3, -0.25) is 0 Å². The summed E-state index contributed by atoms with van der Waals surface area (Å²) in [5.41, 5.74) is 0.639. The molecule has 13 heavy (non-hydrogen) atoms. The van der Waals surface area contributed by atoms with E-state index < -0.39 is 15.3 Å². The predicted molar refractivity (Wildman–Crippen MR) is 52.5 cm³/mol. The van der Waals surface area contributed by atoms with E-state index in [0.717, 1.165) is 0 Å². The molecule has 0 aliphatic heterocycles. The molecule has 1 atom stereocenters. The normalized spacial score (nSPS) is 13.6. The Balaban J connectivity index is 3.13. The smallest absolute Gasteiger partial charge is 0.219 e. The number of nitrogens with two attached hydrogens (primary N) is 1. The van der Waals surface area contributed by atoms with Crippen LogP contribution in [0.1, 0.15) is 10.8 Å². The van der Waals surface area contributed by atoms with Crippen molar-refractivity contribution >= 4 is 10.0 Å². The standard InChI is InChI=1S/C9H11NO2S/c1-2-9(13(10,11)12)8-6-4-3-5-7-8/h2-7,9H,1H2,(H2,10,11,12). The second kappa shape index (κ2) is 3.72. The van der Waals surface area contributed by atoms with E-state index in [1.54, 1.807) is 24.3 Å². The molecular formula is C9H11NO2S. The van der Waals surface area contributed by atoms with Crippen LogP contribution in [0.5, 0.6) is 0 Å². The third-order valence-electron chi connectivity index (χ3n) is 1.70. The van der Waals surface area contributed by atoms with Crippen LogP contribution in [0.4, 0.5) is 0 Å². The molecule has 0 radical (unpaired) electrons. The van der Waals surface area contributed by atoms with Gasteiger partial charge in [0.05, 0.1) is 0 Å². The van der Waals surface area contributed by atoms with Crippen molar-refractivity contribution in [2.24, 2.45) is 5.14 Å². The highest BCUT2D eigenvalue weighted by atomic mass is 32.2. The third-order valence-corrected chi connectivity index (χ3v) is 2.87. The molecule has 0 aromatic heterocycles. The predicted octanol–water partition coefficient (Wildman–Crippen LogP) is 1.20. The Hall–Kier alpha value is -1.13. The molecule has 2 N–H and O–H groups in total. The van der Waals surface area contributed by atoms with Gasteiger partial charge in [-0.1, -0.05) is 36.4 Å². The molecule has 1 aromatic carbocycles. The number of benzene rings is 1. The summed E-state index contributed by atoms with van der Waals surface area (Å²) in [7, 11) is -3.59. The molecule has 0 spiro atoms. The number of sulfonamides is 1. The van der Waals surface area contributed by atoms with Gasteiger partial charge < -0.3 is 0 Å². The molecule has 3 nitrogen and oxygen atoms in total. The zero-order chi connectivity index (χ0) is 9.90. The number of primary sulfonamides is 1. The minimum Gasteiger partial charge on any atom is -0.228 e. The molecule has 0 saturated carbocycles. The quantitative estimate of drug-likeness (QED) is 0.740. The molecule has 0 aliphatic carbocycles. The second-order valence-electron chi connectivity index (χ2n) is 2.66. The summed E-state index contributed by atoms with van der Waals surface area (Å²) in [5.74, 6) is 0. The molecule has 1 aromatic rings. The summed E-state index contributed by atoms with van der Waals surface area (Å²) in [6.45, 7) is 3.44. The Kier molecular flexibility index (Phi) is 2.85. The van der Waals surface area contributed by atoms with Crippen LogP contribution in [0.2, 0.25) is 0 Å². The van der Waals surface area contributed by atoms with E-state index >= 15 is 0 Å². The molecule has 0 saturated heterocycles. The van der Waals surface area contributed by atoms with Gasteiger partial charge in [-0.25, -0.2) is 13.6 Å². The van der Waals surface area contributed by atoms with Gasteiger partial charge in [0.2, 0.25) is 10.0 Å². The SMILES string of the molecule is C=CC(c1ccccc1)S(N)(=O)=O. The molecule has 1 unspecified atom stereocenters. The van der Waals surface area contributed by atoms with Crippen molar-refractivity contribution in [3.8, 4) is 0 Å². The van der Waals surface area contributed by atoms with Crippen LogP contribution in [0.3, 0.4) is 0 Å². The van der Waals surface area contributed by atoms with Gasteiger partial charge in [0.1, 0.15) is 5.25 Å². The highest BCUT2D eigenvalue weighted by Gasteiger charge is 2.18. The first-order valence-electron chi connectivity index (χ1n) is 3.75. The highest BCUT2D eigenvalue weighted by molar-refractivity contribution is 7.89. The van der Waals surface area contributed by atoms with Crippen molar-refractivity contribution in [3.05, 3.63) is 48.6 Å². The molecule has 1 rings (SSSR count). The Morgan fingerprint density at radius 1 is 1.31 bits per heavy atom. The van der Waals surface area contributed by atoms with E-state index in [2.05, 4.69) is 6.58 Å². The lowest BCUT2D eigenvalue weighted by atomic mass is 10.1. The van der Waals surface area contributed by atoms with Crippen molar-refractivity contribution in [3.63, 3.8) is 0 Å². The first-order chi connectivity index (χ1) is 6.05. The summed E-state index contributed by atoms with van der Waals surface area (Å²) < 4.78 is 22.1. The van der Waals surface area contributed by atoms with Gasteiger partial charge in [-0.2, -0.15) is 0 Å². The first kappa shape index (κ1) is 9.95. The van der Waals surface area contributed by atoms with Crippen molar-refractivity contribution in [2.45, 2.75) is 5.25 Å². The largest absolute Gasteiger partial charge is 0.228 e. The third kappa shape index (κ3) is 2.40. The van der Waals surface area contributed by atoms with E-state index in [0.29, 0.717) is 5.56 Å². The molecule has 0 heterocycles. The molecule has 70 valence electrons. The maximum Gasteiger partial charge on any atom is 0.219 e. The Morgan fingerprint density at radius 3 is 2.23 bits per heavy atom. The monoisotopic (exact) mass is 197 g/mol. The van der Waals surface area contributed by atoms with Gasteiger partial charge in [0.15, 0.2) is 0 Å². The molecule has 0 fully saturated rings. The number of hydrogen-bond acceptors (Lipinski definition) is 2. The fourth-order valence-corrected chi connectivity index (χ4v) is 1.91. The molecule has 0 amide bonds. The Labute approximate surface area is 77.9 Å².